The molecule has 1 saturated heterocycles. The molecule has 1 heterocycles. The second-order valence-corrected chi connectivity index (χ2v) is 7.98. The van der Waals surface area contributed by atoms with Crippen LogP contribution in [0.15, 0.2) is 53.4 Å². The lowest BCUT2D eigenvalue weighted by Gasteiger charge is -2.39. The minimum Gasteiger partial charge on any atom is -0.355 e. The van der Waals surface area contributed by atoms with E-state index in [-0.39, 0.29) is 18.0 Å². The van der Waals surface area contributed by atoms with Gasteiger partial charge in [-0.15, -0.1) is 0 Å². The summed E-state index contributed by atoms with van der Waals surface area (Å²) in [4.78, 5) is 15.7. The van der Waals surface area contributed by atoms with Gasteiger partial charge in [0.1, 0.15) is 0 Å². The highest BCUT2D eigenvalue weighted by atomic mass is 32.2. The van der Waals surface area contributed by atoms with Gasteiger partial charge in [0.15, 0.2) is 0 Å². The Bertz CT molecular complexity index is 772. The maximum Gasteiger partial charge on any atom is 0.288 e. The number of carbonyl (C=O) groups is 1. The average Bonchev–Trinajstić information content (AvgIpc) is 2.63. The Morgan fingerprint density at radius 3 is 2.33 bits per heavy atom. The maximum absolute atomic E-state index is 13.2. The molecule has 1 aliphatic heterocycles. The van der Waals surface area contributed by atoms with E-state index in [0.717, 1.165) is 30.6 Å². The fourth-order valence-electron chi connectivity index (χ4n) is 3.61. The Balaban J connectivity index is 1.80. The third kappa shape index (κ3) is 4.80. The van der Waals surface area contributed by atoms with Crippen molar-refractivity contribution >= 4 is 29.0 Å². The van der Waals surface area contributed by atoms with E-state index in [1.165, 1.54) is 0 Å². The minimum absolute atomic E-state index is 0.0303. The molecule has 0 saturated carbocycles. The molecule has 1 fully saturated rings. The molecule has 1 amide bonds. The van der Waals surface area contributed by atoms with Crippen LogP contribution in [0.5, 0.6) is 0 Å². The molecule has 2 atom stereocenters. The molecule has 0 bridgehead atoms. The van der Waals surface area contributed by atoms with Gasteiger partial charge >= 0.3 is 0 Å². The van der Waals surface area contributed by atoms with Crippen molar-refractivity contribution in [2.75, 3.05) is 5.32 Å². The molecule has 0 aliphatic carbocycles. The first-order valence-corrected chi connectivity index (χ1v) is 10.1. The van der Waals surface area contributed by atoms with E-state index in [0.29, 0.717) is 22.2 Å². The summed E-state index contributed by atoms with van der Waals surface area (Å²) in [6.45, 7) is 4.20. The molecule has 1 aliphatic rings. The number of nitrogens with zero attached hydrogens (tertiary/aromatic N) is 1. The first-order chi connectivity index (χ1) is 13.0. The number of benzene rings is 2. The van der Waals surface area contributed by atoms with Crippen molar-refractivity contribution < 1.29 is 13.6 Å². The number of likely N-dealkylation sites (tertiary alicyclic amines) is 1. The molecular weight excluding hydrogens is 366 g/mol. The van der Waals surface area contributed by atoms with Crippen molar-refractivity contribution in [2.45, 2.75) is 55.8 Å². The monoisotopic (exact) mass is 390 g/mol. The molecule has 2 aromatic carbocycles. The summed E-state index contributed by atoms with van der Waals surface area (Å²) in [5.74, 6) is -2.40. The second-order valence-electron chi connectivity index (χ2n) is 6.91. The summed E-state index contributed by atoms with van der Waals surface area (Å²) in [7, 11) is 0. The zero-order valence-electron chi connectivity index (χ0n) is 15.5. The zero-order chi connectivity index (χ0) is 19.4. The normalized spacial score (nSPS) is 20.0. The van der Waals surface area contributed by atoms with Gasteiger partial charge in [-0.3, -0.25) is 4.79 Å². The molecule has 3 rings (SSSR count). The van der Waals surface area contributed by atoms with Gasteiger partial charge in [-0.2, -0.15) is 8.78 Å². The largest absolute Gasteiger partial charge is 0.355 e. The Labute approximate surface area is 163 Å². The predicted octanol–water partition coefficient (Wildman–Crippen LogP) is 6.15. The van der Waals surface area contributed by atoms with Gasteiger partial charge in [-0.05, 0) is 69.5 Å². The zero-order valence-corrected chi connectivity index (χ0v) is 16.3. The lowest BCUT2D eigenvalue weighted by molar-refractivity contribution is 0.0512. The summed E-state index contributed by atoms with van der Waals surface area (Å²) in [6, 6.07) is 14.7. The molecule has 6 heteroatoms. The molecule has 2 aromatic rings. The Morgan fingerprint density at radius 2 is 1.70 bits per heavy atom. The lowest BCUT2D eigenvalue weighted by Crippen LogP contribution is -2.47. The number of carbonyl (C=O) groups excluding carboxylic acids is 1. The highest BCUT2D eigenvalue weighted by molar-refractivity contribution is 7.99. The van der Waals surface area contributed by atoms with Crippen molar-refractivity contribution in [2.24, 2.45) is 0 Å². The standard InChI is InChI=1S/C21H24F2N2OS/c1-14-6-5-7-15(2)25(14)20(26)18-8-3-4-9-19(18)24-16-10-12-17(13-11-16)27-21(22)23/h3-4,8-15,21,24H,5-7H2,1-2H3/t14-,15-/m1/s1. The third-order valence-electron chi connectivity index (χ3n) is 4.94. The minimum atomic E-state index is -2.43. The van der Waals surface area contributed by atoms with Crippen LogP contribution < -0.4 is 5.32 Å². The van der Waals surface area contributed by atoms with E-state index in [9.17, 15) is 13.6 Å². The van der Waals surface area contributed by atoms with Crippen LogP contribution in [0.2, 0.25) is 0 Å². The number of anilines is 2. The van der Waals surface area contributed by atoms with Crippen molar-refractivity contribution in [3.05, 3.63) is 54.1 Å². The summed E-state index contributed by atoms with van der Waals surface area (Å²) >= 11 is 0.519. The summed E-state index contributed by atoms with van der Waals surface area (Å²) in [6.07, 6.45) is 3.19. The van der Waals surface area contributed by atoms with Gasteiger partial charge in [0.25, 0.3) is 11.7 Å². The quantitative estimate of drug-likeness (QED) is 0.622. The number of hydrogen-bond acceptors (Lipinski definition) is 3. The van der Waals surface area contributed by atoms with Crippen LogP contribution in [-0.2, 0) is 0 Å². The van der Waals surface area contributed by atoms with E-state index < -0.39 is 5.76 Å². The Morgan fingerprint density at radius 1 is 1.07 bits per heavy atom. The van der Waals surface area contributed by atoms with E-state index in [4.69, 9.17) is 0 Å². The first-order valence-electron chi connectivity index (χ1n) is 9.19. The molecule has 0 aromatic heterocycles. The number of hydrogen-bond donors (Lipinski definition) is 1. The van der Waals surface area contributed by atoms with E-state index in [1.807, 2.05) is 29.2 Å². The van der Waals surface area contributed by atoms with Crippen LogP contribution in [-0.4, -0.2) is 28.6 Å². The van der Waals surface area contributed by atoms with Gasteiger partial charge in [0.05, 0.1) is 11.3 Å². The van der Waals surface area contributed by atoms with Gasteiger partial charge in [0, 0.05) is 22.7 Å². The van der Waals surface area contributed by atoms with Gasteiger partial charge in [-0.25, -0.2) is 0 Å². The maximum atomic E-state index is 13.2. The highest BCUT2D eigenvalue weighted by Gasteiger charge is 2.30. The van der Waals surface area contributed by atoms with Gasteiger partial charge < -0.3 is 10.2 Å². The molecule has 144 valence electrons. The van der Waals surface area contributed by atoms with Gasteiger partial charge in [-0.1, -0.05) is 23.9 Å². The molecule has 0 unspecified atom stereocenters. The average molecular weight is 390 g/mol. The number of thioether (sulfide) groups is 1. The molecule has 0 radical (unpaired) electrons. The van der Waals surface area contributed by atoms with Crippen LogP contribution in [0, 0.1) is 0 Å². The van der Waals surface area contributed by atoms with Crippen molar-refractivity contribution in [3.63, 3.8) is 0 Å². The summed E-state index contributed by atoms with van der Waals surface area (Å²) in [5, 5.41) is 3.26. The van der Waals surface area contributed by atoms with Crippen molar-refractivity contribution in [1.82, 2.24) is 4.90 Å². The molecular formula is C21H24F2N2OS. The highest BCUT2D eigenvalue weighted by Crippen LogP contribution is 2.30. The smallest absolute Gasteiger partial charge is 0.288 e. The van der Waals surface area contributed by atoms with E-state index >= 15 is 0 Å². The number of piperidine rings is 1. The Kier molecular flexibility index (Phi) is 6.37. The lowest BCUT2D eigenvalue weighted by atomic mass is 9.96. The van der Waals surface area contributed by atoms with Crippen molar-refractivity contribution in [3.8, 4) is 0 Å². The van der Waals surface area contributed by atoms with Crippen LogP contribution in [0.1, 0.15) is 43.5 Å². The van der Waals surface area contributed by atoms with Crippen LogP contribution in [0.25, 0.3) is 0 Å². The van der Waals surface area contributed by atoms with Gasteiger partial charge in [0.2, 0.25) is 0 Å². The van der Waals surface area contributed by atoms with Crippen LogP contribution in [0.3, 0.4) is 0 Å². The van der Waals surface area contributed by atoms with E-state index in [2.05, 4.69) is 19.2 Å². The predicted molar refractivity (Wildman–Crippen MR) is 107 cm³/mol. The number of amides is 1. The summed E-state index contributed by atoms with van der Waals surface area (Å²) in [5.41, 5.74) is 2.11. The fraction of sp³-hybridized carbons (Fsp3) is 0.381. The SMILES string of the molecule is C[C@@H]1CCC[C@@H](C)N1C(=O)c1ccccc1Nc1ccc(SC(F)F)cc1. The van der Waals surface area contributed by atoms with Crippen molar-refractivity contribution in [1.29, 1.82) is 0 Å². The number of para-hydroxylation sites is 1. The molecule has 3 nitrogen and oxygen atoms in total. The number of nitrogens with one attached hydrogen (secondary N) is 1. The number of rotatable bonds is 5. The molecule has 1 N–H and O–H groups in total. The summed E-state index contributed by atoms with van der Waals surface area (Å²) < 4.78 is 24.9. The molecule has 0 spiro atoms. The Hall–Kier alpha value is -2.08. The number of halogens is 2. The third-order valence-corrected chi connectivity index (χ3v) is 5.67. The van der Waals surface area contributed by atoms with E-state index in [1.54, 1.807) is 24.3 Å². The first kappa shape index (κ1) is 19.7. The number of alkyl halides is 2. The van der Waals surface area contributed by atoms with Crippen LogP contribution in [0.4, 0.5) is 20.2 Å². The van der Waals surface area contributed by atoms with Crippen LogP contribution >= 0.6 is 11.8 Å². The molecule has 27 heavy (non-hydrogen) atoms. The topological polar surface area (TPSA) is 32.3 Å². The second kappa shape index (κ2) is 8.74. The fourth-order valence-corrected chi connectivity index (χ4v) is 4.11.